The van der Waals surface area contributed by atoms with Gasteiger partial charge in [0.2, 0.25) is 0 Å². The van der Waals surface area contributed by atoms with Crippen molar-refractivity contribution in [3.05, 3.63) is 18.1 Å². The molecule has 0 aliphatic rings. The van der Waals surface area contributed by atoms with E-state index in [0.717, 1.165) is 5.19 Å². The maximum absolute atomic E-state index is 13.0. The zero-order chi connectivity index (χ0) is 10.8. The summed E-state index contributed by atoms with van der Waals surface area (Å²) in [5.41, 5.74) is 0. The molecule has 14 heavy (non-hydrogen) atoms. The molecule has 0 fully saturated rings. The Labute approximate surface area is 84.6 Å². The first kappa shape index (κ1) is 10.7. The molecule has 4 heteroatoms. The van der Waals surface area contributed by atoms with E-state index in [4.69, 9.17) is 6.42 Å². The predicted octanol–water partition coefficient (Wildman–Crippen LogP) is 1.77. The topological polar surface area (TPSA) is 24.9 Å². The van der Waals surface area contributed by atoms with Crippen LogP contribution in [0.25, 0.3) is 0 Å². The summed E-state index contributed by atoms with van der Waals surface area (Å²) < 4.78 is 13.0. The van der Waals surface area contributed by atoms with E-state index in [2.05, 4.69) is 36.0 Å². The van der Waals surface area contributed by atoms with E-state index in [1.54, 1.807) is 0 Å². The van der Waals surface area contributed by atoms with E-state index in [9.17, 15) is 4.39 Å². The molecular formula is C10H13FN2Si. The second kappa shape index (κ2) is 3.80. The molecule has 0 saturated carbocycles. The maximum Gasteiger partial charge on any atom is 0.141 e. The predicted molar refractivity (Wildman–Crippen MR) is 59.6 cm³/mol. The van der Waals surface area contributed by atoms with Crippen LogP contribution < -0.4 is 10.5 Å². The van der Waals surface area contributed by atoms with Crippen LogP contribution in [0.1, 0.15) is 0 Å². The van der Waals surface area contributed by atoms with Crippen LogP contribution in [-0.2, 0) is 0 Å². The first-order valence-electron chi connectivity index (χ1n) is 4.33. The van der Waals surface area contributed by atoms with Crippen molar-refractivity contribution in [3.63, 3.8) is 0 Å². The molecule has 1 aromatic rings. The van der Waals surface area contributed by atoms with Gasteiger partial charge in [0.1, 0.15) is 11.6 Å². The van der Waals surface area contributed by atoms with Crippen LogP contribution in [0.2, 0.25) is 19.6 Å². The molecule has 2 nitrogen and oxygen atoms in total. The lowest BCUT2D eigenvalue weighted by Gasteiger charge is -2.19. The van der Waals surface area contributed by atoms with Crippen LogP contribution in [0, 0.1) is 18.3 Å². The Hall–Kier alpha value is -1.34. The number of halogens is 1. The van der Waals surface area contributed by atoms with Gasteiger partial charge >= 0.3 is 0 Å². The second-order valence-corrected chi connectivity index (χ2v) is 9.11. The van der Waals surface area contributed by atoms with E-state index in [0.29, 0.717) is 5.82 Å². The summed E-state index contributed by atoms with van der Waals surface area (Å²) in [4.78, 5) is 3.94. The van der Waals surface area contributed by atoms with Crippen LogP contribution in [0.4, 0.5) is 10.2 Å². The van der Waals surface area contributed by atoms with Crippen LogP contribution in [0.3, 0.4) is 0 Å². The Morgan fingerprint density at radius 3 is 2.64 bits per heavy atom. The molecule has 0 radical (unpaired) electrons. The van der Waals surface area contributed by atoms with Gasteiger partial charge in [0.05, 0.1) is 14.3 Å². The Morgan fingerprint density at radius 2 is 2.14 bits per heavy atom. The summed E-state index contributed by atoms with van der Waals surface area (Å²) >= 11 is 0. The first-order chi connectivity index (χ1) is 6.45. The van der Waals surface area contributed by atoms with Crippen molar-refractivity contribution in [2.75, 3.05) is 5.32 Å². The molecule has 0 atom stereocenters. The van der Waals surface area contributed by atoms with Gasteiger partial charge in [-0.1, -0.05) is 26.1 Å². The van der Waals surface area contributed by atoms with E-state index >= 15 is 0 Å². The molecule has 0 saturated heterocycles. The second-order valence-electron chi connectivity index (χ2n) is 4.07. The molecule has 0 aliphatic heterocycles. The van der Waals surface area contributed by atoms with E-state index < -0.39 is 8.07 Å². The highest BCUT2D eigenvalue weighted by atomic mass is 28.3. The normalized spacial score (nSPS) is 10.8. The minimum Gasteiger partial charge on any atom is -0.300 e. The molecule has 0 unspecified atom stereocenters. The van der Waals surface area contributed by atoms with Crippen molar-refractivity contribution < 1.29 is 4.39 Å². The van der Waals surface area contributed by atoms with Crippen LogP contribution >= 0.6 is 0 Å². The number of nitrogens with zero attached hydrogens (tertiary/aromatic N) is 1. The fourth-order valence-electron chi connectivity index (χ4n) is 1.18. The minimum absolute atomic E-state index is 0.315. The van der Waals surface area contributed by atoms with E-state index in [-0.39, 0.29) is 5.82 Å². The first-order valence-corrected chi connectivity index (χ1v) is 7.83. The number of hydrogen-bond acceptors (Lipinski definition) is 2. The van der Waals surface area contributed by atoms with Crippen molar-refractivity contribution in [1.29, 1.82) is 0 Å². The molecule has 0 amide bonds. The third-order valence-corrected chi connectivity index (χ3v) is 3.85. The number of anilines is 1. The zero-order valence-electron chi connectivity index (χ0n) is 8.56. The zero-order valence-corrected chi connectivity index (χ0v) is 9.56. The number of aromatic nitrogens is 1. The molecule has 0 aromatic carbocycles. The summed E-state index contributed by atoms with van der Waals surface area (Å²) in [7, 11) is -1.61. The summed E-state index contributed by atoms with van der Waals surface area (Å²) in [5.74, 6) is 0.290. The van der Waals surface area contributed by atoms with Gasteiger partial charge in [-0.2, -0.15) is 0 Å². The number of pyridine rings is 1. The number of nitrogens with one attached hydrogen (secondary N) is 1. The third-order valence-electron chi connectivity index (χ3n) is 1.85. The van der Waals surface area contributed by atoms with Crippen molar-refractivity contribution in [1.82, 2.24) is 4.98 Å². The third kappa shape index (κ3) is 2.33. The van der Waals surface area contributed by atoms with Crippen molar-refractivity contribution in [3.8, 4) is 12.5 Å². The molecule has 1 aromatic heterocycles. The fraction of sp³-hybridized carbons (Fsp3) is 0.300. The lowest BCUT2D eigenvalue weighted by Crippen LogP contribution is -2.40. The summed E-state index contributed by atoms with van der Waals surface area (Å²) in [5, 5.41) is 3.61. The average Bonchev–Trinajstić information content (AvgIpc) is 2.07. The highest BCUT2D eigenvalue weighted by molar-refractivity contribution is 6.89. The van der Waals surface area contributed by atoms with E-state index in [1.807, 2.05) is 0 Å². The Bertz CT molecular complexity index is 377. The number of hydrogen-bond donors (Lipinski definition) is 1. The monoisotopic (exact) mass is 208 g/mol. The number of terminal acetylenes is 1. The SMILES string of the molecule is C#CNc1ncc(F)cc1[Si](C)(C)C. The lowest BCUT2D eigenvalue weighted by molar-refractivity contribution is 0.623. The average molecular weight is 208 g/mol. The Balaban J connectivity index is 3.24. The van der Waals surface area contributed by atoms with Gasteiger partial charge in [-0.25, -0.2) is 9.37 Å². The fourth-order valence-corrected chi connectivity index (χ4v) is 2.59. The summed E-state index contributed by atoms with van der Waals surface area (Å²) in [6.45, 7) is 6.35. The molecule has 1 N–H and O–H groups in total. The maximum atomic E-state index is 13.0. The molecule has 1 rings (SSSR count). The molecule has 1 heterocycles. The van der Waals surface area contributed by atoms with Gasteiger partial charge in [-0.05, 0) is 11.3 Å². The van der Waals surface area contributed by atoms with Gasteiger partial charge in [0, 0.05) is 6.04 Å². The van der Waals surface area contributed by atoms with Crippen molar-refractivity contribution in [2.24, 2.45) is 0 Å². The quantitative estimate of drug-likeness (QED) is 0.455. The van der Waals surface area contributed by atoms with E-state index in [1.165, 1.54) is 12.3 Å². The molecule has 0 aliphatic carbocycles. The highest BCUT2D eigenvalue weighted by Crippen LogP contribution is 2.10. The molecule has 0 spiro atoms. The van der Waals surface area contributed by atoms with Crippen molar-refractivity contribution >= 4 is 19.1 Å². The highest BCUT2D eigenvalue weighted by Gasteiger charge is 2.21. The minimum atomic E-state index is -1.61. The van der Waals surface area contributed by atoms with Gasteiger partial charge < -0.3 is 0 Å². The van der Waals surface area contributed by atoms with Gasteiger partial charge in [-0.3, -0.25) is 5.32 Å². The van der Waals surface area contributed by atoms with Crippen LogP contribution in [0.5, 0.6) is 0 Å². The lowest BCUT2D eigenvalue weighted by atomic mass is 10.4. The smallest absolute Gasteiger partial charge is 0.141 e. The van der Waals surface area contributed by atoms with Gasteiger partial charge in [0.15, 0.2) is 0 Å². The summed E-state index contributed by atoms with van der Waals surface area (Å²) in [6.07, 6.45) is 6.30. The van der Waals surface area contributed by atoms with Crippen molar-refractivity contribution in [2.45, 2.75) is 19.6 Å². The summed E-state index contributed by atoms with van der Waals surface area (Å²) in [6, 6.07) is 3.82. The largest absolute Gasteiger partial charge is 0.300 e. The van der Waals surface area contributed by atoms with Gasteiger partial charge in [-0.15, -0.1) is 0 Å². The van der Waals surface area contributed by atoms with Gasteiger partial charge in [0.25, 0.3) is 0 Å². The standard InChI is InChI=1S/C10H13FN2Si/c1-5-12-10-9(14(2,3)4)6-8(11)7-13-10/h1,6-7H,2-4H3,(H,12,13). The Kier molecular flexibility index (Phi) is 2.92. The molecule has 74 valence electrons. The molecular weight excluding hydrogens is 195 g/mol. The molecule has 0 bridgehead atoms. The Morgan fingerprint density at radius 1 is 1.50 bits per heavy atom. The number of rotatable bonds is 2. The van der Waals surface area contributed by atoms with Crippen LogP contribution in [0.15, 0.2) is 12.3 Å². The van der Waals surface area contributed by atoms with Crippen LogP contribution in [-0.4, -0.2) is 13.1 Å².